The second kappa shape index (κ2) is 13.8. The van der Waals surface area contributed by atoms with E-state index in [0.29, 0.717) is 35.8 Å². The first-order chi connectivity index (χ1) is 20.1. The smallest absolute Gasteiger partial charge is 0.344 e. The molecule has 4 rings (SSSR count). The van der Waals surface area contributed by atoms with Gasteiger partial charge in [-0.15, -0.1) is 0 Å². The maximum Gasteiger partial charge on any atom is 0.344 e. The topological polar surface area (TPSA) is 79.3 Å². The highest BCUT2D eigenvalue weighted by atomic mass is 35.5. The van der Waals surface area contributed by atoms with Gasteiger partial charge in [-0.05, 0) is 80.1 Å². The number of rotatable bonds is 10. The number of aliphatic imine (C=N–C) groups is 1. The van der Waals surface area contributed by atoms with Crippen LogP contribution in [0, 0.1) is 5.92 Å². The van der Waals surface area contributed by atoms with Crippen LogP contribution in [0.15, 0.2) is 77.8 Å². The number of amides is 3. The number of urea groups is 1. The summed E-state index contributed by atoms with van der Waals surface area (Å²) in [5.41, 5.74) is 5.16. The van der Waals surface area contributed by atoms with Crippen molar-refractivity contribution in [2.45, 2.75) is 52.7 Å². The molecule has 0 aliphatic carbocycles. The Kier molecular flexibility index (Phi) is 10.2. The Morgan fingerprint density at radius 1 is 1.02 bits per heavy atom. The molecule has 3 aromatic rings. The van der Waals surface area contributed by atoms with E-state index in [1.807, 2.05) is 30.3 Å². The van der Waals surface area contributed by atoms with Crippen LogP contribution in [0.5, 0.6) is 0 Å². The molecule has 1 aliphatic rings. The van der Waals surface area contributed by atoms with Gasteiger partial charge in [0.25, 0.3) is 5.91 Å². The molecule has 1 aliphatic heterocycles. The standard InChI is InChI=1S/C34H38ClN3O4/c1-6-24-11-13-25(14-12-24)26-15-17-27(18-16-26)32(39)37(5)19-8-20-38-31(28-9-7-10-29(35)21-28)30(23(4)36-34(38)41)33(40)42-22(2)3/h7,9-18,21-22,30-31H,6,8,19-20H2,1-5H3. The van der Waals surface area contributed by atoms with Crippen LogP contribution in [0.25, 0.3) is 11.1 Å². The number of hydrogen-bond donors (Lipinski definition) is 0. The van der Waals surface area contributed by atoms with E-state index in [-0.39, 0.29) is 12.0 Å². The lowest BCUT2D eigenvalue weighted by atomic mass is 9.86. The van der Waals surface area contributed by atoms with Crippen molar-refractivity contribution in [3.63, 3.8) is 0 Å². The van der Waals surface area contributed by atoms with E-state index in [1.54, 1.807) is 55.8 Å². The zero-order valence-electron chi connectivity index (χ0n) is 24.8. The van der Waals surface area contributed by atoms with Crippen LogP contribution < -0.4 is 0 Å². The quantitative estimate of drug-likeness (QED) is 0.234. The zero-order valence-corrected chi connectivity index (χ0v) is 25.6. The van der Waals surface area contributed by atoms with E-state index < -0.39 is 24.0 Å². The number of esters is 1. The lowest BCUT2D eigenvalue weighted by Crippen LogP contribution is -2.48. The van der Waals surface area contributed by atoms with E-state index in [9.17, 15) is 14.4 Å². The van der Waals surface area contributed by atoms with Gasteiger partial charge in [-0.3, -0.25) is 9.59 Å². The molecule has 0 aromatic heterocycles. The first-order valence-corrected chi connectivity index (χ1v) is 14.7. The van der Waals surface area contributed by atoms with Crippen LogP contribution in [-0.2, 0) is 16.0 Å². The second-order valence-electron chi connectivity index (χ2n) is 10.9. The lowest BCUT2D eigenvalue weighted by molar-refractivity contribution is -0.151. The largest absolute Gasteiger partial charge is 0.462 e. The normalized spacial score (nSPS) is 16.8. The SMILES string of the molecule is CCc1ccc(-c2ccc(C(=O)N(C)CCCN3C(=O)N=C(C)C(C(=O)OC(C)C)C3c3cccc(Cl)c3)cc2)cc1. The Morgan fingerprint density at radius 3 is 2.26 bits per heavy atom. The Morgan fingerprint density at radius 2 is 1.67 bits per heavy atom. The molecule has 0 bridgehead atoms. The fraction of sp³-hybridized carbons (Fsp3) is 0.353. The number of carbonyl (C=O) groups is 3. The molecule has 0 saturated heterocycles. The molecule has 0 radical (unpaired) electrons. The number of halogens is 1. The highest BCUT2D eigenvalue weighted by Crippen LogP contribution is 2.36. The Bertz CT molecular complexity index is 1450. The van der Waals surface area contributed by atoms with Crippen molar-refractivity contribution in [2.75, 3.05) is 20.1 Å². The van der Waals surface area contributed by atoms with E-state index in [0.717, 1.165) is 23.1 Å². The van der Waals surface area contributed by atoms with Gasteiger partial charge in [0.05, 0.1) is 12.1 Å². The number of aryl methyl sites for hydroxylation is 1. The van der Waals surface area contributed by atoms with Crippen molar-refractivity contribution in [3.8, 4) is 11.1 Å². The van der Waals surface area contributed by atoms with Crippen molar-refractivity contribution in [1.29, 1.82) is 0 Å². The number of nitrogens with zero attached hydrogens (tertiary/aromatic N) is 3. The maximum atomic E-state index is 13.2. The number of benzene rings is 3. The van der Waals surface area contributed by atoms with Gasteiger partial charge in [0, 0.05) is 36.4 Å². The molecule has 2 atom stereocenters. The average Bonchev–Trinajstić information content (AvgIpc) is 2.97. The first-order valence-electron chi connectivity index (χ1n) is 14.4. The fourth-order valence-electron chi connectivity index (χ4n) is 5.25. The van der Waals surface area contributed by atoms with E-state index in [1.165, 1.54) is 5.56 Å². The van der Waals surface area contributed by atoms with Crippen LogP contribution >= 0.6 is 11.6 Å². The van der Waals surface area contributed by atoms with E-state index in [2.05, 4.69) is 36.2 Å². The summed E-state index contributed by atoms with van der Waals surface area (Å²) in [5.74, 6) is -1.31. The zero-order chi connectivity index (χ0) is 30.4. The van der Waals surface area contributed by atoms with Crippen LogP contribution in [0.3, 0.4) is 0 Å². The third-order valence-corrected chi connectivity index (χ3v) is 7.72. The summed E-state index contributed by atoms with van der Waals surface area (Å²) in [6.45, 7) is 8.08. The molecule has 42 heavy (non-hydrogen) atoms. The Hall–Kier alpha value is -3.97. The second-order valence-corrected chi connectivity index (χ2v) is 11.3. The van der Waals surface area contributed by atoms with E-state index in [4.69, 9.17) is 16.3 Å². The summed E-state index contributed by atoms with van der Waals surface area (Å²) in [5, 5.41) is 0.505. The predicted octanol–water partition coefficient (Wildman–Crippen LogP) is 7.24. The van der Waals surface area contributed by atoms with E-state index >= 15 is 0 Å². The number of ether oxygens (including phenoxy) is 1. The van der Waals surface area contributed by atoms with Gasteiger partial charge in [0.15, 0.2) is 0 Å². The predicted molar refractivity (Wildman–Crippen MR) is 167 cm³/mol. The first kappa shape index (κ1) is 31.0. The molecule has 7 nitrogen and oxygen atoms in total. The fourth-order valence-corrected chi connectivity index (χ4v) is 5.45. The minimum atomic E-state index is -0.764. The molecule has 0 spiro atoms. The molecule has 3 amide bonds. The van der Waals surface area contributed by atoms with Gasteiger partial charge in [-0.2, -0.15) is 0 Å². The minimum absolute atomic E-state index is 0.105. The summed E-state index contributed by atoms with van der Waals surface area (Å²) in [6, 6.07) is 22.1. The molecule has 3 aromatic carbocycles. The molecule has 8 heteroatoms. The molecule has 0 saturated carbocycles. The molecule has 2 unspecified atom stereocenters. The van der Waals surface area contributed by atoms with Gasteiger partial charge in [0.1, 0.15) is 5.92 Å². The van der Waals surface area contributed by atoms with Crippen molar-refractivity contribution in [3.05, 3.63) is 94.5 Å². The summed E-state index contributed by atoms with van der Waals surface area (Å²) >= 11 is 6.30. The van der Waals surface area contributed by atoms with Crippen LogP contribution in [0.4, 0.5) is 4.79 Å². The molecule has 1 heterocycles. The van der Waals surface area contributed by atoms with Gasteiger partial charge in [0.2, 0.25) is 0 Å². The Labute approximate surface area is 253 Å². The van der Waals surface area contributed by atoms with Crippen molar-refractivity contribution in [2.24, 2.45) is 10.9 Å². The molecule has 220 valence electrons. The minimum Gasteiger partial charge on any atom is -0.462 e. The summed E-state index contributed by atoms with van der Waals surface area (Å²) < 4.78 is 5.55. The van der Waals surface area contributed by atoms with Crippen molar-refractivity contribution >= 4 is 35.2 Å². The molecule has 0 fully saturated rings. The van der Waals surface area contributed by atoms with Gasteiger partial charge >= 0.3 is 12.0 Å². The van der Waals surface area contributed by atoms with Crippen LogP contribution in [0.2, 0.25) is 5.02 Å². The van der Waals surface area contributed by atoms with Crippen LogP contribution in [0.1, 0.15) is 61.6 Å². The summed E-state index contributed by atoms with van der Waals surface area (Å²) in [4.78, 5) is 46.9. The van der Waals surface area contributed by atoms with Gasteiger partial charge in [-0.25, -0.2) is 9.79 Å². The van der Waals surface area contributed by atoms with Crippen LogP contribution in [-0.4, -0.2) is 59.7 Å². The number of carbonyl (C=O) groups excluding carboxylic acids is 3. The van der Waals surface area contributed by atoms with Crippen molar-refractivity contribution in [1.82, 2.24) is 9.80 Å². The lowest BCUT2D eigenvalue weighted by Gasteiger charge is -2.39. The Balaban J connectivity index is 1.46. The monoisotopic (exact) mass is 587 g/mol. The molecular weight excluding hydrogens is 550 g/mol. The highest BCUT2D eigenvalue weighted by molar-refractivity contribution is 6.30. The summed E-state index contributed by atoms with van der Waals surface area (Å²) in [7, 11) is 1.75. The van der Waals surface area contributed by atoms with Gasteiger partial charge in [-0.1, -0.05) is 67.1 Å². The molecular formula is C34H38ClN3O4. The third kappa shape index (κ3) is 7.26. The molecule has 0 N–H and O–H groups in total. The third-order valence-electron chi connectivity index (χ3n) is 7.48. The maximum absolute atomic E-state index is 13.2. The number of hydrogen-bond acceptors (Lipinski definition) is 4. The average molecular weight is 588 g/mol. The van der Waals surface area contributed by atoms with Gasteiger partial charge < -0.3 is 14.5 Å². The van der Waals surface area contributed by atoms with Crippen molar-refractivity contribution < 1.29 is 19.1 Å². The highest BCUT2D eigenvalue weighted by Gasteiger charge is 2.43. The summed E-state index contributed by atoms with van der Waals surface area (Å²) in [6.07, 6.45) is 1.17.